The molecule has 1 aromatic heterocycles. The lowest BCUT2D eigenvalue weighted by Gasteiger charge is -2.11. The van der Waals surface area contributed by atoms with Crippen LogP contribution in [0.1, 0.15) is 5.82 Å². The molecule has 0 saturated carbocycles. The summed E-state index contributed by atoms with van der Waals surface area (Å²) in [6, 6.07) is 7.49. The Morgan fingerprint density at radius 3 is 2.43 bits per heavy atom. The number of nitrogens with zero attached hydrogens (tertiary/aromatic N) is 2. The number of hydrogen-bond donors (Lipinski definition) is 0. The molecule has 0 aliphatic rings. The topological polar surface area (TPSA) is 17.8 Å². The zero-order valence-electron chi connectivity index (χ0n) is 10.4. The molecule has 2 nitrogen and oxygen atoms in total. The van der Waals surface area contributed by atoms with Gasteiger partial charge in [-0.1, -0.05) is 34.8 Å². The fraction of sp³-hybridized carbons (Fsp3) is 0.0714. The van der Waals surface area contributed by atoms with Gasteiger partial charge in [-0.3, -0.25) is 4.57 Å². The lowest BCUT2D eigenvalue weighted by molar-refractivity contribution is 0.629. The predicted molar refractivity (Wildman–Crippen MR) is 85.6 cm³/mol. The van der Waals surface area contributed by atoms with E-state index < -0.39 is 0 Å². The van der Waals surface area contributed by atoms with Crippen LogP contribution in [0.15, 0.2) is 30.3 Å². The Kier molecular flexibility index (Phi) is 4.02. The van der Waals surface area contributed by atoms with Gasteiger partial charge < -0.3 is 0 Å². The van der Waals surface area contributed by atoms with Gasteiger partial charge in [0.2, 0.25) is 0 Å². The van der Waals surface area contributed by atoms with E-state index in [9.17, 15) is 4.39 Å². The van der Waals surface area contributed by atoms with Crippen LogP contribution in [0.5, 0.6) is 0 Å². The molecule has 0 aliphatic carbocycles. The first-order valence-electron chi connectivity index (χ1n) is 5.89. The highest BCUT2D eigenvalue weighted by Crippen LogP contribution is 2.34. The van der Waals surface area contributed by atoms with E-state index in [-0.39, 0.29) is 11.7 Å². The van der Waals surface area contributed by atoms with Gasteiger partial charge in [0.15, 0.2) is 0 Å². The average molecular weight is 364 g/mol. The summed E-state index contributed by atoms with van der Waals surface area (Å²) in [6.45, 7) is 0. The molecule has 0 radical (unpaired) electrons. The molecule has 1 heterocycles. The summed E-state index contributed by atoms with van der Waals surface area (Å²) in [6.07, 6.45) is 0. The minimum Gasteiger partial charge on any atom is -0.294 e. The molecular weight excluding hydrogens is 357 g/mol. The number of aromatic nitrogens is 2. The van der Waals surface area contributed by atoms with Crippen molar-refractivity contribution in [2.75, 3.05) is 0 Å². The van der Waals surface area contributed by atoms with Crippen molar-refractivity contribution < 1.29 is 4.39 Å². The van der Waals surface area contributed by atoms with Crippen molar-refractivity contribution in [3.8, 4) is 5.69 Å². The van der Waals surface area contributed by atoms with Crippen molar-refractivity contribution in [1.82, 2.24) is 9.55 Å². The second-order valence-electron chi connectivity index (χ2n) is 4.35. The van der Waals surface area contributed by atoms with Gasteiger partial charge in [-0.15, -0.1) is 11.6 Å². The molecule has 2 aromatic carbocycles. The zero-order valence-corrected chi connectivity index (χ0v) is 13.4. The number of rotatable bonds is 2. The Balaban J connectivity index is 2.36. The van der Waals surface area contributed by atoms with Gasteiger partial charge >= 0.3 is 0 Å². The van der Waals surface area contributed by atoms with Crippen LogP contribution >= 0.6 is 46.4 Å². The monoisotopic (exact) mass is 362 g/mol. The Bertz CT molecular complexity index is 845. The first kappa shape index (κ1) is 14.9. The highest BCUT2D eigenvalue weighted by molar-refractivity contribution is 6.43. The summed E-state index contributed by atoms with van der Waals surface area (Å²) in [4.78, 5) is 4.32. The molecule has 0 aliphatic heterocycles. The third-order valence-electron chi connectivity index (χ3n) is 3.04. The number of hydrogen-bond acceptors (Lipinski definition) is 1. The third kappa shape index (κ3) is 2.59. The molecule has 0 unspecified atom stereocenters. The molecule has 3 rings (SSSR count). The fourth-order valence-corrected chi connectivity index (χ4v) is 2.95. The zero-order chi connectivity index (χ0) is 15.1. The lowest BCUT2D eigenvalue weighted by atomic mass is 10.2. The first-order valence-corrected chi connectivity index (χ1v) is 7.56. The van der Waals surface area contributed by atoms with Crippen LogP contribution in [-0.2, 0) is 5.88 Å². The van der Waals surface area contributed by atoms with Crippen LogP contribution in [0.4, 0.5) is 4.39 Å². The van der Waals surface area contributed by atoms with Gasteiger partial charge in [-0.2, -0.15) is 0 Å². The smallest absolute Gasteiger partial charge is 0.129 e. The van der Waals surface area contributed by atoms with Crippen molar-refractivity contribution >= 4 is 57.4 Å². The summed E-state index contributed by atoms with van der Waals surface area (Å²) < 4.78 is 15.1. The molecule has 0 saturated heterocycles. The molecule has 0 bridgehead atoms. The van der Waals surface area contributed by atoms with E-state index in [1.54, 1.807) is 22.8 Å². The van der Waals surface area contributed by atoms with Crippen LogP contribution < -0.4 is 0 Å². The first-order chi connectivity index (χ1) is 10.0. The molecule has 0 fully saturated rings. The van der Waals surface area contributed by atoms with E-state index in [1.165, 1.54) is 12.1 Å². The van der Waals surface area contributed by atoms with Gasteiger partial charge in [-0.05, 0) is 24.3 Å². The molecule has 21 heavy (non-hydrogen) atoms. The van der Waals surface area contributed by atoms with Crippen molar-refractivity contribution in [3.05, 3.63) is 57.0 Å². The Labute approximate surface area is 140 Å². The predicted octanol–water partition coefficient (Wildman–Crippen LogP) is 5.86. The van der Waals surface area contributed by atoms with E-state index in [1.807, 2.05) is 0 Å². The van der Waals surface area contributed by atoms with E-state index in [4.69, 9.17) is 46.4 Å². The van der Waals surface area contributed by atoms with Crippen LogP contribution in [-0.4, -0.2) is 9.55 Å². The second kappa shape index (κ2) is 5.65. The minimum atomic E-state index is -0.367. The molecule has 0 amide bonds. The number of halogens is 5. The van der Waals surface area contributed by atoms with Crippen LogP contribution in [0.3, 0.4) is 0 Å². The third-order valence-corrected chi connectivity index (χ3v) is 4.30. The quantitative estimate of drug-likeness (QED) is 0.411. The summed E-state index contributed by atoms with van der Waals surface area (Å²) in [7, 11) is 0. The highest BCUT2D eigenvalue weighted by atomic mass is 35.5. The van der Waals surface area contributed by atoms with Crippen LogP contribution in [0, 0.1) is 5.82 Å². The lowest BCUT2D eigenvalue weighted by Crippen LogP contribution is -2.00. The van der Waals surface area contributed by atoms with E-state index in [2.05, 4.69) is 4.98 Å². The molecule has 0 N–H and O–H groups in total. The summed E-state index contributed by atoms with van der Waals surface area (Å²) in [5, 5.41) is 1.12. The maximum atomic E-state index is 13.3. The fourth-order valence-electron chi connectivity index (χ4n) is 2.15. The van der Waals surface area contributed by atoms with Crippen molar-refractivity contribution in [2.45, 2.75) is 5.88 Å². The maximum absolute atomic E-state index is 13.3. The van der Waals surface area contributed by atoms with Gasteiger partial charge in [0, 0.05) is 6.07 Å². The Morgan fingerprint density at radius 1 is 1.00 bits per heavy atom. The van der Waals surface area contributed by atoms with Crippen LogP contribution in [0.2, 0.25) is 15.1 Å². The Morgan fingerprint density at radius 2 is 1.71 bits per heavy atom. The van der Waals surface area contributed by atoms with Gasteiger partial charge in [0.1, 0.15) is 11.6 Å². The van der Waals surface area contributed by atoms with Crippen molar-refractivity contribution in [1.29, 1.82) is 0 Å². The average Bonchev–Trinajstić information content (AvgIpc) is 2.80. The van der Waals surface area contributed by atoms with E-state index in [0.29, 0.717) is 37.6 Å². The number of fused-ring (bicyclic) bond motifs is 1. The van der Waals surface area contributed by atoms with E-state index >= 15 is 0 Å². The molecule has 0 atom stereocenters. The molecule has 0 spiro atoms. The number of alkyl halides is 1. The molecular formula is C14H7Cl4FN2. The number of benzene rings is 2. The number of imidazole rings is 1. The summed E-state index contributed by atoms with van der Waals surface area (Å²) >= 11 is 24.2. The molecule has 7 heteroatoms. The second-order valence-corrected chi connectivity index (χ2v) is 5.84. The largest absolute Gasteiger partial charge is 0.294 e. The van der Waals surface area contributed by atoms with Gasteiger partial charge in [0.25, 0.3) is 0 Å². The van der Waals surface area contributed by atoms with Crippen molar-refractivity contribution in [3.63, 3.8) is 0 Å². The normalized spacial score (nSPS) is 11.3. The van der Waals surface area contributed by atoms with Crippen LogP contribution in [0.25, 0.3) is 16.7 Å². The standard InChI is InChI=1S/C14H7Cl4FN2/c15-6-14-20-11-3-7(19)1-2-12(11)21(14)13-5-9(17)8(16)4-10(13)18/h1-5H,6H2. The summed E-state index contributed by atoms with van der Waals surface area (Å²) in [5.41, 5.74) is 1.77. The molecule has 3 aromatic rings. The highest BCUT2D eigenvalue weighted by Gasteiger charge is 2.16. The van der Waals surface area contributed by atoms with Gasteiger partial charge in [0.05, 0.1) is 37.7 Å². The molecule has 108 valence electrons. The van der Waals surface area contributed by atoms with E-state index in [0.717, 1.165) is 0 Å². The SMILES string of the molecule is Fc1ccc2c(c1)nc(CCl)n2-c1cc(Cl)c(Cl)cc1Cl. The maximum Gasteiger partial charge on any atom is 0.129 e. The Hall–Kier alpha value is -1.000. The van der Waals surface area contributed by atoms with Gasteiger partial charge in [-0.25, -0.2) is 9.37 Å². The van der Waals surface area contributed by atoms with Crippen molar-refractivity contribution in [2.24, 2.45) is 0 Å². The summed E-state index contributed by atoms with van der Waals surface area (Å²) in [5.74, 6) is 0.318. The minimum absolute atomic E-state index is 0.146.